The fourth-order valence-corrected chi connectivity index (χ4v) is 2.44. The average molecular weight is 289 g/mol. The van der Waals surface area contributed by atoms with Gasteiger partial charge in [-0.1, -0.05) is 30.3 Å². The van der Waals surface area contributed by atoms with Crippen molar-refractivity contribution in [3.8, 4) is 0 Å². The summed E-state index contributed by atoms with van der Waals surface area (Å²) in [4.78, 5) is 25.7. The van der Waals surface area contributed by atoms with Crippen LogP contribution in [0.15, 0.2) is 30.3 Å². The molecule has 1 aliphatic heterocycles. The summed E-state index contributed by atoms with van der Waals surface area (Å²) in [6.45, 7) is 3.08. The number of amides is 2. The predicted octanol–water partition coefficient (Wildman–Crippen LogP) is 0.761. The first kappa shape index (κ1) is 15.5. The van der Waals surface area contributed by atoms with Crippen LogP contribution in [0.5, 0.6) is 0 Å². The fraction of sp³-hybridized carbons (Fsp3) is 0.500. The fourth-order valence-electron chi connectivity index (χ4n) is 2.44. The van der Waals surface area contributed by atoms with Crippen LogP contribution in [0.1, 0.15) is 18.4 Å². The van der Waals surface area contributed by atoms with Gasteiger partial charge >= 0.3 is 11.8 Å². The molecule has 114 valence electrons. The van der Waals surface area contributed by atoms with Crippen LogP contribution in [0.4, 0.5) is 0 Å². The number of benzene rings is 1. The Morgan fingerprint density at radius 1 is 1.10 bits per heavy atom. The van der Waals surface area contributed by atoms with Gasteiger partial charge in [-0.15, -0.1) is 0 Å². The number of nitrogens with one attached hydrogen (secondary N) is 2. The van der Waals surface area contributed by atoms with Crippen molar-refractivity contribution in [3.05, 3.63) is 35.9 Å². The van der Waals surface area contributed by atoms with E-state index in [1.165, 1.54) is 0 Å². The maximum Gasteiger partial charge on any atom is 0.309 e. The molecule has 5 heteroatoms. The molecule has 1 heterocycles. The predicted molar refractivity (Wildman–Crippen MR) is 81.5 cm³/mol. The van der Waals surface area contributed by atoms with E-state index in [9.17, 15) is 9.59 Å². The zero-order valence-corrected chi connectivity index (χ0v) is 12.5. The molecule has 1 fully saturated rings. The second kappa shape index (κ2) is 7.78. The van der Waals surface area contributed by atoms with E-state index >= 15 is 0 Å². The third kappa shape index (κ3) is 5.19. The lowest BCUT2D eigenvalue weighted by atomic mass is 9.97. The highest BCUT2D eigenvalue weighted by Crippen LogP contribution is 2.14. The molecule has 0 atom stereocenters. The largest absolute Gasteiger partial charge is 0.348 e. The molecular formula is C16H23N3O2. The summed E-state index contributed by atoms with van der Waals surface area (Å²) in [5, 5.41) is 5.37. The normalized spacial score (nSPS) is 16.4. The quantitative estimate of drug-likeness (QED) is 0.805. The van der Waals surface area contributed by atoms with Crippen molar-refractivity contribution >= 4 is 11.8 Å². The number of hydrogen-bond donors (Lipinski definition) is 2. The average Bonchev–Trinajstić information content (AvgIpc) is 2.52. The van der Waals surface area contributed by atoms with Crippen molar-refractivity contribution < 1.29 is 9.59 Å². The lowest BCUT2D eigenvalue weighted by molar-refractivity contribution is -0.139. The van der Waals surface area contributed by atoms with E-state index in [1.54, 1.807) is 0 Å². The third-order valence-corrected chi connectivity index (χ3v) is 3.89. The van der Waals surface area contributed by atoms with Crippen LogP contribution in [0.3, 0.4) is 0 Å². The van der Waals surface area contributed by atoms with E-state index in [0.29, 0.717) is 19.0 Å². The number of rotatable bonds is 4. The molecule has 1 saturated heterocycles. The highest BCUT2D eigenvalue weighted by Gasteiger charge is 2.19. The van der Waals surface area contributed by atoms with E-state index in [-0.39, 0.29) is 0 Å². The van der Waals surface area contributed by atoms with Crippen LogP contribution >= 0.6 is 0 Å². The molecule has 0 spiro atoms. The molecule has 0 bridgehead atoms. The summed E-state index contributed by atoms with van der Waals surface area (Å²) in [7, 11) is 2.10. The van der Waals surface area contributed by atoms with Gasteiger partial charge < -0.3 is 15.5 Å². The third-order valence-electron chi connectivity index (χ3n) is 3.89. The van der Waals surface area contributed by atoms with Crippen LogP contribution in [-0.4, -0.2) is 43.4 Å². The number of carbonyl (C=O) groups excluding carboxylic acids is 2. The van der Waals surface area contributed by atoms with Crippen molar-refractivity contribution in [1.29, 1.82) is 0 Å². The molecule has 2 rings (SSSR count). The van der Waals surface area contributed by atoms with Crippen molar-refractivity contribution in [2.75, 3.05) is 26.7 Å². The molecule has 21 heavy (non-hydrogen) atoms. The minimum atomic E-state index is -0.563. The Balaban J connectivity index is 1.67. The number of nitrogens with zero attached hydrogens (tertiary/aromatic N) is 1. The van der Waals surface area contributed by atoms with Crippen LogP contribution in [0, 0.1) is 5.92 Å². The number of carbonyl (C=O) groups is 2. The molecule has 1 aromatic rings. The molecule has 0 saturated carbocycles. The first-order valence-corrected chi connectivity index (χ1v) is 7.43. The van der Waals surface area contributed by atoms with Crippen LogP contribution < -0.4 is 10.6 Å². The lowest BCUT2D eigenvalue weighted by Gasteiger charge is -2.28. The van der Waals surface area contributed by atoms with Gasteiger partial charge in [0.1, 0.15) is 0 Å². The summed E-state index contributed by atoms with van der Waals surface area (Å²) in [6, 6.07) is 9.55. The molecule has 2 amide bonds. The molecule has 1 aromatic carbocycles. The van der Waals surface area contributed by atoms with E-state index < -0.39 is 11.8 Å². The van der Waals surface area contributed by atoms with Gasteiger partial charge in [0.2, 0.25) is 0 Å². The summed E-state index contributed by atoms with van der Waals surface area (Å²) in [5.74, 6) is -0.622. The molecule has 0 radical (unpaired) electrons. The van der Waals surface area contributed by atoms with E-state index in [2.05, 4.69) is 22.6 Å². The van der Waals surface area contributed by atoms with Crippen LogP contribution in [-0.2, 0) is 16.1 Å². The Morgan fingerprint density at radius 3 is 2.38 bits per heavy atom. The van der Waals surface area contributed by atoms with Gasteiger partial charge in [-0.2, -0.15) is 0 Å². The molecule has 0 unspecified atom stereocenters. The number of piperidine rings is 1. The Bertz CT molecular complexity index is 468. The summed E-state index contributed by atoms with van der Waals surface area (Å²) < 4.78 is 0. The highest BCUT2D eigenvalue weighted by atomic mass is 16.2. The van der Waals surface area contributed by atoms with Gasteiger partial charge in [-0.3, -0.25) is 9.59 Å². The number of likely N-dealkylation sites (tertiary alicyclic amines) is 1. The maximum atomic E-state index is 11.7. The molecular weight excluding hydrogens is 266 g/mol. The van der Waals surface area contributed by atoms with Crippen LogP contribution in [0.25, 0.3) is 0 Å². The second-order valence-corrected chi connectivity index (χ2v) is 5.62. The van der Waals surface area contributed by atoms with Crippen molar-refractivity contribution in [2.24, 2.45) is 5.92 Å². The van der Waals surface area contributed by atoms with Crippen molar-refractivity contribution in [2.45, 2.75) is 19.4 Å². The van der Waals surface area contributed by atoms with Crippen molar-refractivity contribution in [1.82, 2.24) is 15.5 Å². The first-order valence-electron chi connectivity index (χ1n) is 7.43. The molecule has 0 aliphatic carbocycles. The monoisotopic (exact) mass is 289 g/mol. The van der Waals surface area contributed by atoms with Gasteiger partial charge in [0.05, 0.1) is 0 Å². The highest BCUT2D eigenvalue weighted by molar-refractivity contribution is 6.35. The van der Waals surface area contributed by atoms with Gasteiger partial charge in [0, 0.05) is 13.1 Å². The smallest absolute Gasteiger partial charge is 0.309 e. The number of hydrogen-bond acceptors (Lipinski definition) is 3. The van der Waals surface area contributed by atoms with Crippen LogP contribution in [0.2, 0.25) is 0 Å². The summed E-state index contributed by atoms with van der Waals surface area (Å²) in [5.41, 5.74) is 0.981. The Labute approximate surface area is 125 Å². The van der Waals surface area contributed by atoms with Gasteiger partial charge in [-0.05, 0) is 44.5 Å². The second-order valence-electron chi connectivity index (χ2n) is 5.62. The van der Waals surface area contributed by atoms with E-state index in [0.717, 1.165) is 31.5 Å². The summed E-state index contributed by atoms with van der Waals surface area (Å²) >= 11 is 0. The van der Waals surface area contributed by atoms with Gasteiger partial charge in [0.15, 0.2) is 0 Å². The van der Waals surface area contributed by atoms with E-state index in [4.69, 9.17) is 0 Å². The SMILES string of the molecule is CN1CCC(CNC(=O)C(=O)NCc2ccccc2)CC1. The Kier molecular flexibility index (Phi) is 5.75. The zero-order chi connectivity index (χ0) is 15.1. The lowest BCUT2D eigenvalue weighted by Crippen LogP contribution is -2.43. The van der Waals surface area contributed by atoms with Crippen molar-refractivity contribution in [3.63, 3.8) is 0 Å². The topological polar surface area (TPSA) is 61.4 Å². The Morgan fingerprint density at radius 2 is 1.71 bits per heavy atom. The Hall–Kier alpha value is -1.88. The summed E-state index contributed by atoms with van der Waals surface area (Å²) in [6.07, 6.45) is 2.14. The maximum absolute atomic E-state index is 11.7. The first-order chi connectivity index (χ1) is 10.1. The van der Waals surface area contributed by atoms with Gasteiger partial charge in [0.25, 0.3) is 0 Å². The molecule has 2 N–H and O–H groups in total. The molecule has 0 aromatic heterocycles. The van der Waals surface area contributed by atoms with Gasteiger partial charge in [-0.25, -0.2) is 0 Å². The van der Waals surface area contributed by atoms with E-state index in [1.807, 2.05) is 30.3 Å². The standard InChI is InChI=1S/C16H23N3O2/c1-19-9-7-14(8-10-19)12-18-16(21)15(20)17-11-13-5-3-2-4-6-13/h2-6,14H,7-12H2,1H3,(H,17,20)(H,18,21). The minimum absolute atomic E-state index is 0.376. The molecule has 5 nitrogen and oxygen atoms in total. The zero-order valence-electron chi connectivity index (χ0n) is 12.5. The minimum Gasteiger partial charge on any atom is -0.348 e. The molecule has 1 aliphatic rings.